The molecular formula is C26H35NO3. The van der Waals surface area contributed by atoms with Crippen molar-refractivity contribution in [2.24, 2.45) is 17.8 Å². The Kier molecular flexibility index (Phi) is 7.68. The molecule has 0 radical (unpaired) electrons. The predicted octanol–water partition coefficient (Wildman–Crippen LogP) is 3.82. The smallest absolute Gasteiger partial charge is 0.222 e. The Labute approximate surface area is 180 Å². The number of rotatable bonds is 8. The highest BCUT2D eigenvalue weighted by molar-refractivity contribution is 5.75. The molecule has 1 aromatic rings. The Morgan fingerprint density at radius 2 is 2.13 bits per heavy atom. The zero-order chi connectivity index (χ0) is 21.7. The van der Waals surface area contributed by atoms with E-state index in [2.05, 4.69) is 37.3 Å². The summed E-state index contributed by atoms with van der Waals surface area (Å²) in [4.78, 5) is 13.3. The van der Waals surface area contributed by atoms with Gasteiger partial charge in [-0.05, 0) is 43.6 Å². The summed E-state index contributed by atoms with van der Waals surface area (Å²) in [6.45, 7) is 2.06. The van der Waals surface area contributed by atoms with Crippen LogP contribution in [-0.4, -0.2) is 47.3 Å². The molecule has 3 rings (SSSR count). The molecule has 1 amide bonds. The molecule has 0 bridgehead atoms. The topological polar surface area (TPSA) is 60.8 Å². The molecule has 4 nitrogen and oxygen atoms in total. The molecule has 30 heavy (non-hydrogen) atoms. The van der Waals surface area contributed by atoms with E-state index in [4.69, 9.17) is 0 Å². The highest BCUT2D eigenvalue weighted by atomic mass is 16.3. The Hall–Kier alpha value is -2.17. The van der Waals surface area contributed by atoms with Crippen molar-refractivity contribution in [2.45, 2.75) is 51.2 Å². The Morgan fingerprint density at radius 1 is 1.33 bits per heavy atom. The number of hydrogen-bond donors (Lipinski definition) is 2. The summed E-state index contributed by atoms with van der Waals surface area (Å²) in [6.07, 6.45) is 13.1. The van der Waals surface area contributed by atoms with Crippen LogP contribution >= 0.6 is 0 Å². The van der Waals surface area contributed by atoms with E-state index in [9.17, 15) is 15.0 Å². The summed E-state index contributed by atoms with van der Waals surface area (Å²) in [5, 5.41) is 21.0. The molecule has 0 aromatic heterocycles. The van der Waals surface area contributed by atoms with Gasteiger partial charge in [-0.3, -0.25) is 4.79 Å². The Bertz CT molecular complexity index is 823. The van der Waals surface area contributed by atoms with Crippen molar-refractivity contribution in [1.29, 1.82) is 0 Å². The molecule has 0 saturated heterocycles. The summed E-state index contributed by atoms with van der Waals surface area (Å²) in [5.74, 6) is 1.02. The molecule has 0 spiro atoms. The maximum absolute atomic E-state index is 11.7. The minimum atomic E-state index is -0.541. The second kappa shape index (κ2) is 10.2. The quantitative estimate of drug-likeness (QED) is 0.642. The lowest BCUT2D eigenvalue weighted by Gasteiger charge is -2.18. The van der Waals surface area contributed by atoms with Crippen LogP contribution < -0.4 is 0 Å². The zero-order valence-electron chi connectivity index (χ0n) is 18.4. The van der Waals surface area contributed by atoms with Gasteiger partial charge in [0, 0.05) is 32.9 Å². The van der Waals surface area contributed by atoms with Crippen LogP contribution in [0.2, 0.25) is 0 Å². The first-order chi connectivity index (χ1) is 14.3. The molecule has 2 N–H and O–H groups in total. The number of nitrogens with zero attached hydrogens (tertiary/aromatic N) is 1. The minimum Gasteiger partial charge on any atom is -0.392 e. The summed E-state index contributed by atoms with van der Waals surface area (Å²) in [5.41, 5.74) is 3.62. The van der Waals surface area contributed by atoms with Crippen LogP contribution in [0.5, 0.6) is 0 Å². The van der Waals surface area contributed by atoms with Gasteiger partial charge in [-0.15, -0.1) is 0 Å². The first-order valence-corrected chi connectivity index (χ1v) is 11.0. The van der Waals surface area contributed by atoms with Gasteiger partial charge >= 0.3 is 0 Å². The fourth-order valence-corrected chi connectivity index (χ4v) is 4.74. The number of carbonyl (C=O) groups is 1. The second-order valence-corrected chi connectivity index (χ2v) is 9.03. The SMILES string of the molecule is Cc1cccc(C[C@@H](O)/C=C/[C@@H]2[C@H]3CC(/C=C/CCC(=O)N(C)C)=C[C@H]3C[C@H]2O)c1. The molecule has 0 aliphatic heterocycles. The number of carbonyl (C=O) groups excluding carboxylic acids is 1. The molecule has 2 aliphatic carbocycles. The van der Waals surface area contributed by atoms with Crippen LogP contribution in [0.4, 0.5) is 0 Å². The van der Waals surface area contributed by atoms with Gasteiger partial charge in [0.2, 0.25) is 5.91 Å². The number of hydrogen-bond acceptors (Lipinski definition) is 3. The van der Waals surface area contributed by atoms with Crippen LogP contribution in [0.1, 0.15) is 36.8 Å². The normalized spacial score (nSPS) is 26.9. The number of aliphatic hydroxyl groups is 2. The number of aryl methyl sites for hydroxylation is 1. The van der Waals surface area contributed by atoms with Gasteiger partial charge in [0.1, 0.15) is 0 Å². The van der Waals surface area contributed by atoms with Gasteiger partial charge in [0.05, 0.1) is 12.2 Å². The summed E-state index contributed by atoms with van der Waals surface area (Å²) in [7, 11) is 3.56. The van der Waals surface area contributed by atoms with Crippen LogP contribution in [0.15, 0.2) is 60.2 Å². The molecular weight excluding hydrogens is 374 g/mol. The monoisotopic (exact) mass is 409 g/mol. The van der Waals surface area contributed by atoms with Crippen molar-refractivity contribution in [3.63, 3.8) is 0 Å². The summed E-state index contributed by atoms with van der Waals surface area (Å²) < 4.78 is 0. The fraction of sp³-hybridized carbons (Fsp3) is 0.500. The number of amides is 1. The molecule has 0 unspecified atom stereocenters. The van der Waals surface area contributed by atoms with Crippen LogP contribution in [0, 0.1) is 24.7 Å². The van der Waals surface area contributed by atoms with Gasteiger partial charge in [-0.1, -0.05) is 65.8 Å². The van der Waals surface area contributed by atoms with Gasteiger partial charge < -0.3 is 15.1 Å². The molecule has 162 valence electrons. The number of allylic oxidation sites excluding steroid dienone is 4. The van der Waals surface area contributed by atoms with Crippen LogP contribution in [0.25, 0.3) is 0 Å². The van der Waals surface area contributed by atoms with E-state index in [0.29, 0.717) is 24.7 Å². The molecule has 1 aromatic carbocycles. The van der Waals surface area contributed by atoms with Gasteiger partial charge in [0.15, 0.2) is 0 Å². The predicted molar refractivity (Wildman–Crippen MR) is 121 cm³/mol. The van der Waals surface area contributed by atoms with E-state index >= 15 is 0 Å². The van der Waals surface area contributed by atoms with Crippen molar-refractivity contribution in [3.8, 4) is 0 Å². The van der Waals surface area contributed by atoms with Crippen molar-refractivity contribution in [3.05, 3.63) is 71.3 Å². The highest BCUT2D eigenvalue weighted by Gasteiger charge is 2.42. The largest absolute Gasteiger partial charge is 0.392 e. The maximum Gasteiger partial charge on any atom is 0.222 e. The van der Waals surface area contributed by atoms with Gasteiger partial charge in [-0.2, -0.15) is 0 Å². The van der Waals surface area contributed by atoms with Gasteiger partial charge in [0.25, 0.3) is 0 Å². The maximum atomic E-state index is 11.7. The molecule has 5 atom stereocenters. The Balaban J connectivity index is 1.52. The van der Waals surface area contributed by atoms with Crippen molar-refractivity contribution in [1.82, 2.24) is 4.90 Å². The average Bonchev–Trinajstić information content (AvgIpc) is 3.19. The van der Waals surface area contributed by atoms with Crippen molar-refractivity contribution < 1.29 is 15.0 Å². The summed E-state index contributed by atoms with van der Waals surface area (Å²) in [6, 6.07) is 8.21. The van der Waals surface area contributed by atoms with E-state index in [1.807, 2.05) is 24.3 Å². The second-order valence-electron chi connectivity index (χ2n) is 9.03. The molecule has 1 saturated carbocycles. The highest BCUT2D eigenvalue weighted by Crippen LogP contribution is 2.47. The first-order valence-electron chi connectivity index (χ1n) is 11.0. The zero-order valence-corrected chi connectivity index (χ0v) is 18.4. The van der Waals surface area contributed by atoms with E-state index in [0.717, 1.165) is 24.8 Å². The lowest BCUT2D eigenvalue weighted by atomic mass is 9.89. The van der Waals surface area contributed by atoms with E-state index in [1.54, 1.807) is 19.0 Å². The summed E-state index contributed by atoms with van der Waals surface area (Å²) >= 11 is 0. The molecule has 0 heterocycles. The minimum absolute atomic E-state index is 0.0830. The average molecular weight is 410 g/mol. The fourth-order valence-electron chi connectivity index (χ4n) is 4.74. The number of fused-ring (bicyclic) bond motifs is 1. The molecule has 1 fully saturated rings. The standard InChI is InChI=1S/C26H35NO3/c1-18-7-6-9-19(13-18)15-22(28)11-12-23-24-16-20(14-21(24)17-25(23)29)8-4-5-10-26(30)27(2)3/h4,6-9,11-14,21-25,28-29H,5,10,15-17H2,1-3H3/b8-4+,12-11+/t21-,22-,23+,24-,25+/m0/s1. The van der Waals surface area contributed by atoms with Crippen molar-refractivity contribution in [2.75, 3.05) is 14.1 Å². The van der Waals surface area contributed by atoms with Crippen LogP contribution in [-0.2, 0) is 11.2 Å². The van der Waals surface area contributed by atoms with E-state index in [-0.39, 0.29) is 17.9 Å². The third kappa shape index (κ3) is 5.93. The third-order valence-electron chi connectivity index (χ3n) is 6.34. The molecule has 4 heteroatoms. The van der Waals surface area contributed by atoms with Gasteiger partial charge in [-0.25, -0.2) is 0 Å². The lowest BCUT2D eigenvalue weighted by Crippen LogP contribution is -2.20. The third-order valence-corrected chi connectivity index (χ3v) is 6.34. The van der Waals surface area contributed by atoms with E-state index in [1.165, 1.54) is 11.1 Å². The molecule has 2 aliphatic rings. The van der Waals surface area contributed by atoms with Crippen LogP contribution in [0.3, 0.4) is 0 Å². The lowest BCUT2D eigenvalue weighted by molar-refractivity contribution is -0.128. The number of aliphatic hydroxyl groups excluding tert-OH is 2. The Morgan fingerprint density at radius 3 is 2.87 bits per heavy atom. The van der Waals surface area contributed by atoms with Crippen molar-refractivity contribution >= 4 is 5.91 Å². The van der Waals surface area contributed by atoms with E-state index < -0.39 is 6.10 Å². The first kappa shape index (κ1) is 22.5. The number of benzene rings is 1.